The van der Waals surface area contributed by atoms with Crippen LogP contribution in [0.4, 0.5) is 14.5 Å². The van der Waals surface area contributed by atoms with Crippen molar-refractivity contribution < 1.29 is 22.3 Å². The number of hydrogen-bond acceptors (Lipinski definition) is 9. The molecule has 192 valence electrons. The minimum Gasteiger partial charge on any atom is -0.393 e. The fourth-order valence-electron chi connectivity index (χ4n) is 4.70. The van der Waals surface area contributed by atoms with Gasteiger partial charge >= 0.3 is 0 Å². The number of benzene rings is 1. The van der Waals surface area contributed by atoms with E-state index in [2.05, 4.69) is 24.8 Å². The number of alkyl halides is 2. The van der Waals surface area contributed by atoms with Gasteiger partial charge < -0.3 is 10.0 Å². The van der Waals surface area contributed by atoms with E-state index in [1.54, 1.807) is 16.8 Å². The van der Waals surface area contributed by atoms with Crippen LogP contribution in [-0.4, -0.2) is 58.0 Å². The van der Waals surface area contributed by atoms with E-state index in [4.69, 9.17) is 0 Å². The van der Waals surface area contributed by atoms with Gasteiger partial charge in [-0.25, -0.2) is 22.2 Å². The summed E-state index contributed by atoms with van der Waals surface area (Å²) in [5.41, 5.74) is 0.580. The Labute approximate surface area is 214 Å². The van der Waals surface area contributed by atoms with Gasteiger partial charge in [-0.3, -0.25) is 4.57 Å². The summed E-state index contributed by atoms with van der Waals surface area (Å²) < 4.78 is 57.0. The molecule has 4 heterocycles. The molecular weight excluding hydrogens is 524 g/mol. The number of fused-ring (bicyclic) bond motifs is 3. The molecule has 2 N–H and O–H groups in total. The van der Waals surface area contributed by atoms with Gasteiger partial charge in [0.15, 0.2) is 5.01 Å². The van der Waals surface area contributed by atoms with Crippen LogP contribution in [0.2, 0.25) is 0 Å². The van der Waals surface area contributed by atoms with Crippen LogP contribution in [-0.2, 0) is 10.0 Å². The van der Waals surface area contributed by atoms with Crippen LogP contribution in [0.1, 0.15) is 37.1 Å². The third kappa shape index (κ3) is 4.11. The molecule has 6 rings (SSSR count). The molecule has 0 bridgehead atoms. The van der Waals surface area contributed by atoms with Crippen LogP contribution >= 0.6 is 11.3 Å². The maximum Gasteiger partial charge on any atom is 0.291 e. The minimum absolute atomic E-state index is 0.0631. The number of aromatic nitrogens is 4. The Hall–Kier alpha value is -3.25. The summed E-state index contributed by atoms with van der Waals surface area (Å²) >= 11 is 0.703. The van der Waals surface area contributed by atoms with Gasteiger partial charge in [-0.1, -0.05) is 17.4 Å². The molecule has 2 aliphatic rings. The second-order valence-electron chi connectivity index (χ2n) is 9.28. The molecule has 0 unspecified atom stereocenters. The van der Waals surface area contributed by atoms with Crippen LogP contribution in [0.25, 0.3) is 27.1 Å². The topological polar surface area (TPSA) is 137 Å². The normalized spacial score (nSPS) is 18.1. The van der Waals surface area contributed by atoms with E-state index >= 15 is 0 Å². The zero-order valence-corrected chi connectivity index (χ0v) is 20.9. The molecule has 0 spiro atoms. The zero-order valence-electron chi connectivity index (χ0n) is 19.3. The number of nitrogens with zero attached hydrogens (tertiary/aromatic N) is 6. The van der Waals surface area contributed by atoms with E-state index in [1.165, 1.54) is 12.1 Å². The van der Waals surface area contributed by atoms with Crippen molar-refractivity contribution in [1.29, 1.82) is 5.26 Å². The van der Waals surface area contributed by atoms with Crippen molar-refractivity contribution in [2.45, 2.75) is 48.6 Å². The lowest BCUT2D eigenvalue weighted by molar-refractivity contribution is 0.145. The molecule has 1 aliphatic carbocycles. The first-order valence-corrected chi connectivity index (χ1v) is 13.9. The summed E-state index contributed by atoms with van der Waals surface area (Å²) in [5.74, 6) is 0. The number of piperidine rings is 1. The summed E-state index contributed by atoms with van der Waals surface area (Å²) in [5, 5.41) is 28.0. The van der Waals surface area contributed by atoms with Gasteiger partial charge in [-0.2, -0.15) is 9.98 Å². The first-order chi connectivity index (χ1) is 17.7. The predicted octanol–water partition coefficient (Wildman–Crippen LogP) is 3.26. The van der Waals surface area contributed by atoms with Gasteiger partial charge in [-0.15, -0.1) is 10.2 Å². The average Bonchev–Trinajstić information content (AvgIpc) is 3.32. The predicted molar refractivity (Wildman–Crippen MR) is 132 cm³/mol. The van der Waals surface area contributed by atoms with E-state index in [0.717, 1.165) is 11.1 Å². The Morgan fingerprint density at radius 1 is 1.22 bits per heavy atom. The van der Waals surface area contributed by atoms with Crippen LogP contribution in [0.3, 0.4) is 0 Å². The first-order valence-electron chi connectivity index (χ1n) is 11.6. The molecular formula is C23H21F2N7O3S2. The van der Waals surface area contributed by atoms with Gasteiger partial charge in [0.2, 0.25) is 15.2 Å². The molecule has 0 amide bonds. The minimum atomic E-state index is -4.04. The van der Waals surface area contributed by atoms with E-state index in [0.29, 0.717) is 66.7 Å². The lowest BCUT2D eigenvalue weighted by Gasteiger charge is -2.31. The molecule has 3 aromatic heterocycles. The number of nitrogens with one attached hydrogen (secondary N) is 1. The van der Waals surface area contributed by atoms with Gasteiger partial charge in [0.1, 0.15) is 11.2 Å². The third-order valence-corrected chi connectivity index (χ3v) is 9.27. The summed E-state index contributed by atoms with van der Waals surface area (Å²) in [6.45, 7) is 1.24. The molecule has 4 aromatic rings. The quantitative estimate of drug-likeness (QED) is 0.377. The maximum absolute atomic E-state index is 13.3. The number of halogens is 2. The van der Waals surface area contributed by atoms with Crippen molar-refractivity contribution in [3.05, 3.63) is 35.5 Å². The van der Waals surface area contributed by atoms with Crippen molar-refractivity contribution in [3.63, 3.8) is 0 Å². The fourth-order valence-corrected chi connectivity index (χ4v) is 6.82. The first kappa shape index (κ1) is 24.1. The maximum atomic E-state index is 13.3. The number of nitriles is 1. The van der Waals surface area contributed by atoms with E-state index < -0.39 is 27.0 Å². The van der Waals surface area contributed by atoms with Crippen molar-refractivity contribution in [1.82, 2.24) is 24.5 Å². The highest BCUT2D eigenvalue weighted by molar-refractivity contribution is 7.89. The standard InChI is InChI=1S/C23H21F2N7O3S2/c24-19(25)21-28-29-22(36-21)32-17-11-14(37(34,35)30-23(12-26)6-7-23)1-2-15(17)18-16(3-8-27-20(18)32)31-9-4-13(33)5-10-31/h1-3,8,11,13,19,30,33H,4-7,9-10H2. The second kappa shape index (κ2) is 8.66. The van der Waals surface area contributed by atoms with Crippen molar-refractivity contribution in [2.24, 2.45) is 0 Å². The number of rotatable bonds is 6. The fraction of sp³-hybridized carbons (Fsp3) is 0.391. The lowest BCUT2D eigenvalue weighted by Crippen LogP contribution is -2.35. The van der Waals surface area contributed by atoms with Crippen LogP contribution in [0.15, 0.2) is 35.4 Å². The second-order valence-corrected chi connectivity index (χ2v) is 12.0. The number of aliphatic hydroxyl groups excluding tert-OH is 1. The van der Waals surface area contributed by atoms with Crippen LogP contribution in [0.5, 0.6) is 0 Å². The van der Waals surface area contributed by atoms with Crippen molar-refractivity contribution in [3.8, 4) is 11.2 Å². The highest BCUT2D eigenvalue weighted by Gasteiger charge is 2.46. The molecule has 1 saturated carbocycles. The molecule has 37 heavy (non-hydrogen) atoms. The Kier molecular flexibility index (Phi) is 5.64. The van der Waals surface area contributed by atoms with Crippen molar-refractivity contribution >= 4 is 49.0 Å². The Morgan fingerprint density at radius 3 is 2.62 bits per heavy atom. The van der Waals surface area contributed by atoms with Crippen molar-refractivity contribution in [2.75, 3.05) is 18.0 Å². The molecule has 14 heteroatoms. The molecule has 1 saturated heterocycles. The molecule has 1 aromatic carbocycles. The summed E-state index contributed by atoms with van der Waals surface area (Å²) in [6, 6.07) is 8.44. The molecule has 10 nitrogen and oxygen atoms in total. The average molecular weight is 546 g/mol. The van der Waals surface area contributed by atoms with Crippen LogP contribution < -0.4 is 9.62 Å². The third-order valence-electron chi connectivity index (χ3n) is 6.82. The largest absolute Gasteiger partial charge is 0.393 e. The molecule has 1 aliphatic heterocycles. The Balaban J connectivity index is 1.58. The van der Waals surface area contributed by atoms with Gasteiger partial charge in [-0.05, 0) is 43.9 Å². The van der Waals surface area contributed by atoms with E-state index in [1.807, 2.05) is 12.1 Å². The summed E-state index contributed by atoms with van der Waals surface area (Å²) in [7, 11) is -4.04. The molecule has 2 fully saturated rings. The smallest absolute Gasteiger partial charge is 0.291 e. The monoisotopic (exact) mass is 545 g/mol. The van der Waals surface area contributed by atoms with Crippen LogP contribution in [0, 0.1) is 11.3 Å². The van der Waals surface area contributed by atoms with Gasteiger partial charge in [0.25, 0.3) is 6.43 Å². The zero-order chi connectivity index (χ0) is 25.9. The highest BCUT2D eigenvalue weighted by Crippen LogP contribution is 2.40. The molecule has 0 radical (unpaired) electrons. The number of sulfonamides is 1. The highest BCUT2D eigenvalue weighted by atomic mass is 32.2. The Morgan fingerprint density at radius 2 is 1.97 bits per heavy atom. The number of pyridine rings is 1. The SMILES string of the molecule is N#CC1(NS(=O)(=O)c2ccc3c4c(N5CCC(O)CC5)ccnc4n(-c4nnc(C(F)F)s4)c3c2)CC1. The van der Waals surface area contributed by atoms with Gasteiger partial charge in [0.05, 0.1) is 28.0 Å². The number of aliphatic hydroxyl groups is 1. The van der Waals surface area contributed by atoms with Gasteiger partial charge in [0, 0.05) is 30.4 Å². The summed E-state index contributed by atoms with van der Waals surface area (Å²) in [6.07, 6.45) is 0.511. The molecule has 0 atom stereocenters. The van der Waals surface area contributed by atoms with E-state index in [9.17, 15) is 27.6 Å². The lowest BCUT2D eigenvalue weighted by atomic mass is 10.1. The van der Waals surface area contributed by atoms with E-state index in [-0.39, 0.29) is 16.1 Å². The Bertz CT molecular complexity index is 1670. The number of hydrogen-bond donors (Lipinski definition) is 2. The number of anilines is 1. The summed E-state index contributed by atoms with van der Waals surface area (Å²) in [4.78, 5) is 6.59.